The zero-order valence-electron chi connectivity index (χ0n) is 12.3. The third-order valence-corrected chi connectivity index (χ3v) is 4.86. The maximum absolute atomic E-state index is 12.4. The molecule has 0 saturated carbocycles. The van der Waals surface area contributed by atoms with Crippen molar-refractivity contribution in [3.8, 4) is 0 Å². The van der Waals surface area contributed by atoms with Crippen LogP contribution in [-0.4, -0.2) is 25.0 Å². The molecule has 0 aliphatic heterocycles. The molecule has 20 heavy (non-hydrogen) atoms. The molecule has 6 heteroatoms. The average Bonchev–Trinajstić information content (AvgIpc) is 2.39. The lowest BCUT2D eigenvalue weighted by Gasteiger charge is -2.23. The predicted molar refractivity (Wildman–Crippen MR) is 76.9 cm³/mol. The lowest BCUT2D eigenvalue weighted by molar-refractivity contribution is 0.0398. The van der Waals surface area contributed by atoms with Gasteiger partial charge in [0.05, 0.1) is 18.8 Å². The van der Waals surface area contributed by atoms with E-state index in [2.05, 4.69) is 0 Å². The summed E-state index contributed by atoms with van der Waals surface area (Å²) in [5.41, 5.74) is 1.45. The number of carbonyl (C=O) groups is 1. The standard InChI is InChI=1S/C14H21O5P/c1-5-17-20(16,18-6-2)12(4)19-14(15)13-9-7-11(3)8-10-13/h7-10,12H,5-6H2,1-4H3/t12-/m0/s1. The molecule has 5 nitrogen and oxygen atoms in total. The van der Waals surface area contributed by atoms with Crippen LogP contribution < -0.4 is 0 Å². The van der Waals surface area contributed by atoms with E-state index >= 15 is 0 Å². The number of hydrogen-bond acceptors (Lipinski definition) is 5. The van der Waals surface area contributed by atoms with Crippen LogP contribution in [0, 0.1) is 6.92 Å². The Morgan fingerprint density at radius 3 is 2.10 bits per heavy atom. The van der Waals surface area contributed by atoms with Crippen molar-refractivity contribution in [2.45, 2.75) is 33.5 Å². The van der Waals surface area contributed by atoms with Gasteiger partial charge in [-0.3, -0.25) is 4.57 Å². The molecule has 0 radical (unpaired) electrons. The van der Waals surface area contributed by atoms with E-state index in [-0.39, 0.29) is 13.2 Å². The van der Waals surface area contributed by atoms with E-state index in [1.165, 1.54) is 6.92 Å². The number of hydrogen-bond donors (Lipinski definition) is 0. The molecular formula is C14H21O5P. The molecule has 0 amide bonds. The minimum absolute atomic E-state index is 0.226. The van der Waals surface area contributed by atoms with Crippen molar-refractivity contribution in [2.24, 2.45) is 0 Å². The van der Waals surface area contributed by atoms with Crippen molar-refractivity contribution in [1.82, 2.24) is 0 Å². The van der Waals surface area contributed by atoms with Crippen LogP contribution in [0.3, 0.4) is 0 Å². The van der Waals surface area contributed by atoms with Gasteiger partial charge in [-0.05, 0) is 39.8 Å². The lowest BCUT2D eigenvalue weighted by Crippen LogP contribution is -2.18. The van der Waals surface area contributed by atoms with E-state index < -0.39 is 19.4 Å². The number of esters is 1. The molecule has 1 atom stereocenters. The molecule has 0 aromatic heterocycles. The Labute approximate surface area is 119 Å². The molecule has 0 bridgehead atoms. The highest BCUT2D eigenvalue weighted by molar-refractivity contribution is 7.54. The molecule has 0 spiro atoms. The van der Waals surface area contributed by atoms with Crippen LogP contribution in [0.1, 0.15) is 36.7 Å². The Hall–Kier alpha value is -1.16. The summed E-state index contributed by atoms with van der Waals surface area (Å²) >= 11 is 0. The third kappa shape index (κ3) is 4.44. The highest BCUT2D eigenvalue weighted by Gasteiger charge is 2.35. The van der Waals surface area contributed by atoms with E-state index in [1.807, 2.05) is 19.1 Å². The molecule has 0 heterocycles. The minimum Gasteiger partial charge on any atom is -0.446 e. The van der Waals surface area contributed by atoms with Gasteiger partial charge in [0, 0.05) is 0 Å². The quantitative estimate of drug-likeness (QED) is 0.566. The highest BCUT2D eigenvalue weighted by Crippen LogP contribution is 2.53. The van der Waals surface area contributed by atoms with Crippen LogP contribution in [0.2, 0.25) is 0 Å². The molecule has 0 fully saturated rings. The van der Waals surface area contributed by atoms with Gasteiger partial charge in [0.15, 0.2) is 5.85 Å². The van der Waals surface area contributed by atoms with Gasteiger partial charge in [-0.15, -0.1) is 0 Å². The summed E-state index contributed by atoms with van der Waals surface area (Å²) in [4.78, 5) is 12.0. The van der Waals surface area contributed by atoms with Crippen LogP contribution in [0.15, 0.2) is 24.3 Å². The number of ether oxygens (including phenoxy) is 1. The van der Waals surface area contributed by atoms with Crippen LogP contribution in [0.4, 0.5) is 0 Å². The first kappa shape index (κ1) is 16.9. The van der Waals surface area contributed by atoms with Gasteiger partial charge in [0.1, 0.15) is 0 Å². The van der Waals surface area contributed by atoms with E-state index in [4.69, 9.17) is 13.8 Å². The number of carbonyl (C=O) groups excluding carboxylic acids is 1. The Morgan fingerprint density at radius 1 is 1.15 bits per heavy atom. The highest BCUT2D eigenvalue weighted by atomic mass is 31.2. The fourth-order valence-electron chi connectivity index (χ4n) is 1.58. The van der Waals surface area contributed by atoms with E-state index in [1.54, 1.807) is 26.0 Å². The van der Waals surface area contributed by atoms with Crippen LogP contribution in [-0.2, 0) is 18.3 Å². The first-order valence-electron chi connectivity index (χ1n) is 6.59. The number of aryl methyl sites for hydroxylation is 1. The SMILES string of the molecule is CCOP(=O)(OCC)[C@@H](C)OC(=O)c1ccc(C)cc1. The summed E-state index contributed by atoms with van der Waals surface area (Å²) in [5, 5.41) is 0. The van der Waals surface area contributed by atoms with E-state index in [0.29, 0.717) is 5.56 Å². The molecule has 1 rings (SSSR count). The van der Waals surface area contributed by atoms with Crippen molar-refractivity contribution in [3.63, 3.8) is 0 Å². The molecule has 0 N–H and O–H groups in total. The fourth-order valence-corrected chi connectivity index (χ4v) is 3.02. The normalized spacial score (nSPS) is 13.0. The zero-order chi connectivity index (χ0) is 15.2. The molecule has 0 unspecified atom stereocenters. The van der Waals surface area contributed by atoms with Gasteiger partial charge >= 0.3 is 13.6 Å². The Balaban J connectivity index is 2.77. The Bertz CT molecular complexity index is 473. The van der Waals surface area contributed by atoms with Gasteiger partial charge in [-0.1, -0.05) is 17.7 Å². The molecule has 0 saturated heterocycles. The summed E-state index contributed by atoms with van der Waals surface area (Å²) in [6.45, 7) is 7.31. The van der Waals surface area contributed by atoms with Crippen molar-refractivity contribution in [2.75, 3.05) is 13.2 Å². The first-order valence-corrected chi connectivity index (χ1v) is 8.20. The summed E-state index contributed by atoms with van der Waals surface area (Å²) < 4.78 is 27.9. The average molecular weight is 300 g/mol. The second-order valence-electron chi connectivity index (χ2n) is 4.25. The Kier molecular flexibility index (Phi) is 6.40. The van der Waals surface area contributed by atoms with Gasteiger partial charge in [0.2, 0.25) is 0 Å². The van der Waals surface area contributed by atoms with Crippen LogP contribution >= 0.6 is 7.60 Å². The molecule has 0 aliphatic rings. The topological polar surface area (TPSA) is 61.8 Å². The maximum Gasteiger partial charge on any atom is 0.370 e. The molecule has 112 valence electrons. The van der Waals surface area contributed by atoms with Gasteiger partial charge < -0.3 is 13.8 Å². The number of rotatable bonds is 7. The van der Waals surface area contributed by atoms with Crippen molar-refractivity contribution in [1.29, 1.82) is 0 Å². The fraction of sp³-hybridized carbons (Fsp3) is 0.500. The first-order chi connectivity index (χ1) is 9.42. The van der Waals surface area contributed by atoms with Gasteiger partial charge in [-0.25, -0.2) is 4.79 Å². The lowest BCUT2D eigenvalue weighted by atomic mass is 10.1. The largest absolute Gasteiger partial charge is 0.446 e. The molecule has 0 aliphatic carbocycles. The summed E-state index contributed by atoms with van der Waals surface area (Å²) in [5.74, 6) is -1.49. The van der Waals surface area contributed by atoms with Gasteiger partial charge in [-0.2, -0.15) is 0 Å². The summed E-state index contributed by atoms with van der Waals surface area (Å²) in [7, 11) is -3.44. The maximum atomic E-state index is 12.4. The van der Waals surface area contributed by atoms with Crippen molar-refractivity contribution in [3.05, 3.63) is 35.4 Å². The smallest absolute Gasteiger partial charge is 0.370 e. The van der Waals surface area contributed by atoms with Crippen molar-refractivity contribution < 1.29 is 23.1 Å². The molecular weight excluding hydrogens is 279 g/mol. The van der Waals surface area contributed by atoms with E-state index in [9.17, 15) is 9.36 Å². The Morgan fingerprint density at radius 2 is 1.65 bits per heavy atom. The minimum atomic E-state index is -3.44. The second kappa shape index (κ2) is 7.58. The molecule has 1 aromatic carbocycles. The summed E-state index contributed by atoms with van der Waals surface area (Å²) in [6.07, 6.45) is 0. The molecule has 1 aromatic rings. The van der Waals surface area contributed by atoms with Crippen molar-refractivity contribution >= 4 is 13.6 Å². The summed E-state index contributed by atoms with van der Waals surface area (Å²) in [6, 6.07) is 6.95. The predicted octanol–water partition coefficient (Wildman–Crippen LogP) is 3.76. The van der Waals surface area contributed by atoms with E-state index in [0.717, 1.165) is 5.56 Å². The third-order valence-electron chi connectivity index (χ3n) is 2.63. The number of benzene rings is 1. The van der Waals surface area contributed by atoms with Crippen LogP contribution in [0.5, 0.6) is 0 Å². The van der Waals surface area contributed by atoms with Crippen LogP contribution in [0.25, 0.3) is 0 Å². The van der Waals surface area contributed by atoms with Gasteiger partial charge in [0.25, 0.3) is 0 Å². The monoisotopic (exact) mass is 300 g/mol. The zero-order valence-corrected chi connectivity index (χ0v) is 13.2. The second-order valence-corrected chi connectivity index (χ2v) is 6.57.